The molecule has 0 bridgehead atoms. The summed E-state index contributed by atoms with van der Waals surface area (Å²) >= 11 is 6.01. The number of aliphatic hydroxyl groups is 1. The van der Waals surface area contributed by atoms with Crippen molar-refractivity contribution >= 4 is 11.6 Å². The molecule has 0 amide bonds. The molecule has 1 aromatic carbocycles. The van der Waals surface area contributed by atoms with Gasteiger partial charge in [0.05, 0.1) is 6.61 Å². The number of ether oxygens (including phenoxy) is 1. The summed E-state index contributed by atoms with van der Waals surface area (Å²) in [5.74, 6) is 1.16. The van der Waals surface area contributed by atoms with E-state index in [0.717, 1.165) is 23.3 Å². The molecule has 3 rings (SSSR count). The number of hydrogen-bond acceptors (Lipinski definition) is 2. The number of benzene rings is 1. The Balaban J connectivity index is 2.16. The van der Waals surface area contributed by atoms with Gasteiger partial charge in [0.1, 0.15) is 11.9 Å². The lowest BCUT2D eigenvalue weighted by molar-refractivity contribution is 0.220. The zero-order valence-electron chi connectivity index (χ0n) is 8.11. The SMILES string of the molecule is OCc1cc(Cl)cc2c1OC1CC=CC21. The fourth-order valence-corrected chi connectivity index (χ4v) is 2.64. The lowest BCUT2D eigenvalue weighted by atomic mass is 9.97. The first-order valence-electron chi connectivity index (χ1n) is 5.06. The molecule has 1 aliphatic carbocycles. The van der Waals surface area contributed by atoms with Crippen LogP contribution >= 0.6 is 11.6 Å². The molecule has 3 heteroatoms. The highest BCUT2D eigenvalue weighted by Gasteiger charge is 2.36. The van der Waals surface area contributed by atoms with Crippen molar-refractivity contribution in [1.82, 2.24) is 0 Å². The van der Waals surface area contributed by atoms with E-state index >= 15 is 0 Å². The number of fused-ring (bicyclic) bond motifs is 3. The molecule has 0 aromatic heterocycles. The molecule has 2 aliphatic rings. The zero-order chi connectivity index (χ0) is 10.4. The molecule has 0 saturated heterocycles. The maximum Gasteiger partial charge on any atom is 0.129 e. The fourth-order valence-electron chi connectivity index (χ4n) is 2.39. The standard InChI is InChI=1S/C12H11ClO2/c13-8-4-7(6-14)12-10(5-8)9-2-1-3-11(9)15-12/h1-2,4-5,9,11,14H,3,6H2. The van der Waals surface area contributed by atoms with Crippen LogP contribution in [0.25, 0.3) is 0 Å². The molecule has 0 saturated carbocycles. The Hall–Kier alpha value is -0.990. The van der Waals surface area contributed by atoms with Crippen LogP contribution in [0.1, 0.15) is 23.5 Å². The summed E-state index contributed by atoms with van der Waals surface area (Å²) in [6, 6.07) is 3.71. The molecule has 0 fully saturated rings. The molecule has 2 atom stereocenters. The second kappa shape index (κ2) is 3.26. The maximum atomic E-state index is 9.23. The second-order valence-electron chi connectivity index (χ2n) is 3.99. The summed E-state index contributed by atoms with van der Waals surface area (Å²) in [6.07, 6.45) is 5.46. The van der Waals surface area contributed by atoms with E-state index in [2.05, 4.69) is 12.2 Å². The van der Waals surface area contributed by atoms with Crippen LogP contribution in [0.15, 0.2) is 24.3 Å². The quantitative estimate of drug-likeness (QED) is 0.741. The monoisotopic (exact) mass is 222 g/mol. The molecule has 0 spiro atoms. The summed E-state index contributed by atoms with van der Waals surface area (Å²) < 4.78 is 5.83. The fraction of sp³-hybridized carbons (Fsp3) is 0.333. The normalized spacial score (nSPS) is 26.3. The molecule has 2 unspecified atom stereocenters. The van der Waals surface area contributed by atoms with E-state index in [1.54, 1.807) is 6.07 Å². The summed E-state index contributed by atoms with van der Waals surface area (Å²) in [6.45, 7) is -0.0218. The molecular formula is C12H11ClO2. The van der Waals surface area contributed by atoms with Crippen LogP contribution < -0.4 is 4.74 Å². The first kappa shape index (κ1) is 9.25. The molecule has 1 aliphatic heterocycles. The Morgan fingerprint density at radius 2 is 2.33 bits per heavy atom. The third-order valence-corrected chi connectivity index (χ3v) is 3.29. The van der Waals surface area contributed by atoms with E-state index in [9.17, 15) is 5.11 Å². The number of aliphatic hydroxyl groups excluding tert-OH is 1. The van der Waals surface area contributed by atoms with Crippen LogP contribution in [-0.4, -0.2) is 11.2 Å². The molecule has 1 N–H and O–H groups in total. The van der Waals surface area contributed by atoms with Gasteiger partial charge in [-0.1, -0.05) is 23.8 Å². The van der Waals surface area contributed by atoms with Gasteiger partial charge in [-0.05, 0) is 12.1 Å². The van der Waals surface area contributed by atoms with Gasteiger partial charge in [-0.2, -0.15) is 0 Å². The lowest BCUT2D eigenvalue weighted by Gasteiger charge is -2.08. The van der Waals surface area contributed by atoms with Crippen molar-refractivity contribution in [2.45, 2.75) is 25.0 Å². The molecule has 0 radical (unpaired) electrons. The zero-order valence-corrected chi connectivity index (χ0v) is 8.87. The highest BCUT2D eigenvalue weighted by molar-refractivity contribution is 6.30. The molecule has 1 heterocycles. The van der Waals surface area contributed by atoms with Crippen molar-refractivity contribution in [3.63, 3.8) is 0 Å². The van der Waals surface area contributed by atoms with E-state index in [0.29, 0.717) is 10.9 Å². The second-order valence-corrected chi connectivity index (χ2v) is 4.42. The first-order chi connectivity index (χ1) is 7.29. The van der Waals surface area contributed by atoms with Crippen LogP contribution in [0, 0.1) is 0 Å². The molecular weight excluding hydrogens is 212 g/mol. The minimum absolute atomic E-state index is 0.0218. The molecule has 78 valence electrons. The molecule has 15 heavy (non-hydrogen) atoms. The van der Waals surface area contributed by atoms with E-state index < -0.39 is 0 Å². The average Bonchev–Trinajstić information content (AvgIpc) is 2.77. The van der Waals surface area contributed by atoms with Crippen molar-refractivity contribution in [2.24, 2.45) is 0 Å². The van der Waals surface area contributed by atoms with E-state index in [1.807, 2.05) is 6.07 Å². The van der Waals surface area contributed by atoms with Gasteiger partial charge in [-0.3, -0.25) is 0 Å². The van der Waals surface area contributed by atoms with Crippen LogP contribution in [0.4, 0.5) is 0 Å². The van der Waals surface area contributed by atoms with Crippen molar-refractivity contribution in [2.75, 3.05) is 0 Å². The van der Waals surface area contributed by atoms with Crippen LogP contribution in [0.3, 0.4) is 0 Å². The van der Waals surface area contributed by atoms with Gasteiger partial charge >= 0.3 is 0 Å². The smallest absolute Gasteiger partial charge is 0.129 e. The minimum Gasteiger partial charge on any atom is -0.488 e. The van der Waals surface area contributed by atoms with E-state index in [4.69, 9.17) is 16.3 Å². The third kappa shape index (κ3) is 1.29. The van der Waals surface area contributed by atoms with Gasteiger partial charge < -0.3 is 9.84 Å². The van der Waals surface area contributed by atoms with Gasteiger partial charge in [-0.25, -0.2) is 0 Å². The largest absolute Gasteiger partial charge is 0.488 e. The van der Waals surface area contributed by atoms with Gasteiger partial charge in [-0.15, -0.1) is 0 Å². The van der Waals surface area contributed by atoms with Gasteiger partial charge in [0.25, 0.3) is 0 Å². The predicted octanol–water partition coefficient (Wildman–Crippen LogP) is 2.64. The van der Waals surface area contributed by atoms with Crippen LogP contribution in [0.2, 0.25) is 5.02 Å². The Morgan fingerprint density at radius 1 is 1.47 bits per heavy atom. The highest BCUT2D eigenvalue weighted by atomic mass is 35.5. The Labute approximate surface area is 93.1 Å². The maximum absolute atomic E-state index is 9.23. The first-order valence-corrected chi connectivity index (χ1v) is 5.44. The highest BCUT2D eigenvalue weighted by Crippen LogP contribution is 2.46. The minimum atomic E-state index is -0.0218. The van der Waals surface area contributed by atoms with Crippen molar-refractivity contribution in [3.05, 3.63) is 40.4 Å². The average molecular weight is 223 g/mol. The van der Waals surface area contributed by atoms with Gasteiger partial charge in [0, 0.05) is 28.5 Å². The summed E-state index contributed by atoms with van der Waals surface area (Å²) in [7, 11) is 0. The van der Waals surface area contributed by atoms with Crippen molar-refractivity contribution < 1.29 is 9.84 Å². The van der Waals surface area contributed by atoms with Crippen molar-refractivity contribution in [3.8, 4) is 5.75 Å². The molecule has 1 aromatic rings. The van der Waals surface area contributed by atoms with Gasteiger partial charge in [0.2, 0.25) is 0 Å². The summed E-state index contributed by atoms with van der Waals surface area (Å²) in [5.41, 5.74) is 1.91. The Morgan fingerprint density at radius 3 is 3.13 bits per heavy atom. The Bertz CT molecular complexity index is 439. The van der Waals surface area contributed by atoms with Gasteiger partial charge in [0.15, 0.2) is 0 Å². The summed E-state index contributed by atoms with van der Waals surface area (Å²) in [4.78, 5) is 0. The Kier molecular flexibility index (Phi) is 2.01. The van der Waals surface area contributed by atoms with Crippen LogP contribution in [0.5, 0.6) is 5.75 Å². The topological polar surface area (TPSA) is 29.5 Å². The summed E-state index contributed by atoms with van der Waals surface area (Å²) in [5, 5.41) is 9.90. The number of rotatable bonds is 1. The number of hydrogen-bond donors (Lipinski definition) is 1. The van der Waals surface area contributed by atoms with Crippen molar-refractivity contribution in [1.29, 1.82) is 0 Å². The van der Waals surface area contributed by atoms with E-state index in [1.165, 1.54) is 0 Å². The number of halogens is 1. The lowest BCUT2D eigenvalue weighted by Crippen LogP contribution is -2.11. The van der Waals surface area contributed by atoms with Crippen LogP contribution in [-0.2, 0) is 6.61 Å². The molecule has 2 nitrogen and oxygen atoms in total. The van der Waals surface area contributed by atoms with E-state index in [-0.39, 0.29) is 12.7 Å². The predicted molar refractivity (Wildman–Crippen MR) is 58.3 cm³/mol. The third-order valence-electron chi connectivity index (χ3n) is 3.07.